The molecule has 0 N–H and O–H groups in total. The summed E-state index contributed by atoms with van der Waals surface area (Å²) in [6.45, 7) is 0. The zero-order valence-corrected chi connectivity index (χ0v) is 10.3. The SMILES string of the molecule is Cn1cnnc1C(=O)c1cnn(C)c1I. The standard InChI is InChI=1S/C8H8IN5O/c1-13-4-10-12-8(13)6(15)5-3-11-14(2)7(5)9/h3-4H,1-2H3. The summed E-state index contributed by atoms with van der Waals surface area (Å²) >= 11 is 2.07. The van der Waals surface area contributed by atoms with Gasteiger partial charge in [-0.3, -0.25) is 9.48 Å². The van der Waals surface area contributed by atoms with Crippen molar-refractivity contribution in [1.29, 1.82) is 0 Å². The molecule has 0 atom stereocenters. The molecule has 0 aliphatic heterocycles. The van der Waals surface area contributed by atoms with Gasteiger partial charge in [0.15, 0.2) is 0 Å². The van der Waals surface area contributed by atoms with Crippen LogP contribution >= 0.6 is 22.6 Å². The van der Waals surface area contributed by atoms with E-state index in [1.54, 1.807) is 29.5 Å². The zero-order valence-electron chi connectivity index (χ0n) is 8.18. The lowest BCUT2D eigenvalue weighted by Crippen LogP contribution is -2.09. The summed E-state index contributed by atoms with van der Waals surface area (Å²) in [7, 11) is 3.52. The first kappa shape index (κ1) is 10.3. The van der Waals surface area contributed by atoms with Gasteiger partial charge < -0.3 is 4.57 Å². The molecule has 2 aromatic rings. The molecular weight excluding hydrogens is 309 g/mol. The monoisotopic (exact) mass is 317 g/mol. The van der Waals surface area contributed by atoms with Gasteiger partial charge in [-0.2, -0.15) is 5.10 Å². The molecule has 6 nitrogen and oxygen atoms in total. The number of aromatic nitrogens is 5. The highest BCUT2D eigenvalue weighted by molar-refractivity contribution is 14.1. The summed E-state index contributed by atoms with van der Waals surface area (Å²) < 4.78 is 4.02. The third-order valence-electron chi connectivity index (χ3n) is 2.03. The molecule has 2 aromatic heterocycles. The van der Waals surface area contributed by atoms with Crippen LogP contribution in [0, 0.1) is 3.70 Å². The van der Waals surface area contributed by atoms with E-state index >= 15 is 0 Å². The fourth-order valence-corrected chi connectivity index (χ4v) is 1.69. The lowest BCUT2D eigenvalue weighted by atomic mass is 10.2. The number of hydrogen-bond donors (Lipinski definition) is 0. The lowest BCUT2D eigenvalue weighted by molar-refractivity contribution is 0.102. The first-order valence-corrected chi connectivity index (χ1v) is 5.25. The number of ketones is 1. The van der Waals surface area contributed by atoms with Gasteiger partial charge >= 0.3 is 0 Å². The summed E-state index contributed by atoms with van der Waals surface area (Å²) in [6.07, 6.45) is 3.04. The molecule has 78 valence electrons. The number of carbonyl (C=O) groups is 1. The number of hydrogen-bond acceptors (Lipinski definition) is 4. The number of carbonyl (C=O) groups excluding carboxylic acids is 1. The molecule has 2 heterocycles. The third-order valence-corrected chi connectivity index (χ3v) is 3.30. The molecule has 0 radical (unpaired) electrons. The van der Waals surface area contributed by atoms with Crippen molar-refractivity contribution in [1.82, 2.24) is 24.5 Å². The predicted octanol–water partition coefficient (Wildman–Crippen LogP) is 0.384. The predicted molar refractivity (Wildman–Crippen MR) is 60.4 cm³/mol. The summed E-state index contributed by atoms with van der Waals surface area (Å²) in [5.74, 6) is 0.161. The molecule has 7 heteroatoms. The van der Waals surface area contributed by atoms with Gasteiger partial charge in [0.2, 0.25) is 11.6 Å². The Morgan fingerprint density at radius 3 is 2.67 bits per heavy atom. The fraction of sp³-hybridized carbons (Fsp3) is 0.250. The first-order valence-electron chi connectivity index (χ1n) is 4.17. The molecule has 15 heavy (non-hydrogen) atoms. The van der Waals surface area contributed by atoms with Gasteiger partial charge in [-0.25, -0.2) is 0 Å². The highest BCUT2D eigenvalue weighted by Crippen LogP contribution is 2.13. The Kier molecular flexibility index (Phi) is 2.55. The molecule has 0 unspecified atom stereocenters. The van der Waals surface area contributed by atoms with Gasteiger partial charge in [0.25, 0.3) is 0 Å². The number of rotatable bonds is 2. The number of nitrogens with zero attached hydrogens (tertiary/aromatic N) is 5. The highest BCUT2D eigenvalue weighted by Gasteiger charge is 2.19. The molecule has 0 fully saturated rings. The highest BCUT2D eigenvalue weighted by atomic mass is 127. The van der Waals surface area contributed by atoms with Crippen LogP contribution in [0.2, 0.25) is 0 Å². The van der Waals surface area contributed by atoms with Crippen LogP contribution in [0.4, 0.5) is 0 Å². The third kappa shape index (κ3) is 1.66. The summed E-state index contributed by atoms with van der Waals surface area (Å²) in [6, 6.07) is 0. The van der Waals surface area contributed by atoms with Crippen LogP contribution < -0.4 is 0 Å². The van der Waals surface area contributed by atoms with Crippen LogP contribution in [-0.4, -0.2) is 30.3 Å². The number of halogens is 1. The van der Waals surface area contributed by atoms with Crippen LogP contribution in [0.25, 0.3) is 0 Å². The van der Waals surface area contributed by atoms with E-state index in [1.807, 2.05) is 0 Å². The molecule has 0 spiro atoms. The van der Waals surface area contributed by atoms with E-state index < -0.39 is 0 Å². The van der Waals surface area contributed by atoms with Gasteiger partial charge in [0.1, 0.15) is 10.0 Å². The van der Waals surface area contributed by atoms with Crippen LogP contribution in [0.3, 0.4) is 0 Å². The summed E-state index contributed by atoms with van der Waals surface area (Å²) in [4.78, 5) is 12.0. The largest absolute Gasteiger partial charge is 0.314 e. The van der Waals surface area contributed by atoms with E-state index in [4.69, 9.17) is 0 Å². The van der Waals surface area contributed by atoms with E-state index in [0.717, 1.165) is 3.70 Å². The molecule has 0 aliphatic carbocycles. The molecule has 0 saturated carbocycles. The second kappa shape index (κ2) is 3.72. The van der Waals surface area contributed by atoms with Crippen molar-refractivity contribution < 1.29 is 4.79 Å². The molecule has 0 aliphatic rings. The van der Waals surface area contributed by atoms with Gasteiger partial charge in [-0.1, -0.05) is 0 Å². The average Bonchev–Trinajstić information content (AvgIpc) is 2.75. The minimum atomic E-state index is -0.160. The Bertz CT molecular complexity index is 515. The van der Waals surface area contributed by atoms with E-state index in [-0.39, 0.29) is 5.78 Å². The quantitative estimate of drug-likeness (QED) is 0.593. The molecule has 2 rings (SSSR count). The van der Waals surface area contributed by atoms with Crippen molar-refractivity contribution >= 4 is 28.4 Å². The van der Waals surface area contributed by atoms with Gasteiger partial charge in [-0.05, 0) is 22.6 Å². The summed E-state index contributed by atoms with van der Waals surface area (Å²) in [5, 5.41) is 11.4. The molecule has 0 amide bonds. The molecule has 0 saturated heterocycles. The lowest BCUT2D eigenvalue weighted by Gasteiger charge is -1.98. The average molecular weight is 317 g/mol. The molecule has 0 bridgehead atoms. The second-order valence-corrected chi connectivity index (χ2v) is 4.09. The van der Waals surface area contributed by atoms with Crippen molar-refractivity contribution in [3.63, 3.8) is 0 Å². The maximum Gasteiger partial charge on any atom is 0.234 e. The van der Waals surface area contributed by atoms with E-state index in [9.17, 15) is 4.79 Å². The van der Waals surface area contributed by atoms with E-state index in [1.165, 1.54) is 6.33 Å². The van der Waals surface area contributed by atoms with Crippen molar-refractivity contribution in [2.24, 2.45) is 14.1 Å². The first-order chi connectivity index (χ1) is 7.11. The summed E-state index contributed by atoms with van der Waals surface area (Å²) in [5.41, 5.74) is 0.550. The topological polar surface area (TPSA) is 65.6 Å². The van der Waals surface area contributed by atoms with Crippen molar-refractivity contribution in [2.75, 3.05) is 0 Å². The second-order valence-electron chi connectivity index (χ2n) is 3.07. The fourth-order valence-electron chi connectivity index (χ4n) is 1.18. The van der Waals surface area contributed by atoms with Gasteiger partial charge in [-0.15, -0.1) is 10.2 Å². The van der Waals surface area contributed by atoms with Crippen LogP contribution in [0.1, 0.15) is 16.2 Å². The Morgan fingerprint density at radius 2 is 2.20 bits per heavy atom. The van der Waals surface area contributed by atoms with Crippen molar-refractivity contribution in [3.8, 4) is 0 Å². The Hall–Kier alpha value is -1.25. The maximum atomic E-state index is 12.0. The van der Waals surface area contributed by atoms with Crippen molar-refractivity contribution in [2.45, 2.75) is 0 Å². The smallest absolute Gasteiger partial charge is 0.234 e. The van der Waals surface area contributed by atoms with Gasteiger partial charge in [0, 0.05) is 14.1 Å². The Morgan fingerprint density at radius 1 is 1.47 bits per heavy atom. The zero-order chi connectivity index (χ0) is 11.0. The molecule has 0 aromatic carbocycles. The Labute approximate surface area is 99.4 Å². The minimum Gasteiger partial charge on any atom is -0.314 e. The maximum absolute atomic E-state index is 12.0. The van der Waals surface area contributed by atoms with Crippen LogP contribution in [0.15, 0.2) is 12.5 Å². The Balaban J connectivity index is 2.46. The van der Waals surface area contributed by atoms with Crippen LogP contribution in [-0.2, 0) is 14.1 Å². The molecular formula is C8H8IN5O. The van der Waals surface area contributed by atoms with Crippen LogP contribution in [0.5, 0.6) is 0 Å². The minimum absolute atomic E-state index is 0.160. The van der Waals surface area contributed by atoms with E-state index in [0.29, 0.717) is 11.4 Å². The van der Waals surface area contributed by atoms with Gasteiger partial charge in [0.05, 0.1) is 11.8 Å². The number of aryl methyl sites for hydroxylation is 2. The van der Waals surface area contributed by atoms with E-state index in [2.05, 4.69) is 37.9 Å². The normalized spacial score (nSPS) is 10.6. The van der Waals surface area contributed by atoms with Crippen molar-refractivity contribution in [3.05, 3.63) is 27.6 Å².